The summed E-state index contributed by atoms with van der Waals surface area (Å²) in [6, 6.07) is 2.15. The summed E-state index contributed by atoms with van der Waals surface area (Å²) in [4.78, 5) is 1.35. The number of hydrogen-bond donors (Lipinski definition) is 2. The summed E-state index contributed by atoms with van der Waals surface area (Å²) in [5.41, 5.74) is -0.0394. The number of aliphatic hydroxyl groups is 2. The average Bonchev–Trinajstić information content (AvgIpc) is 2.28. The fraction of sp³-hybridized carbons (Fsp3) is 0.333. The molecule has 0 saturated heterocycles. The SMILES string of the molecule is C=CCN(CCO)c1c(F)cc(CO)cc1F. The smallest absolute Gasteiger partial charge is 0.149 e. The molecule has 0 radical (unpaired) electrons. The standard InChI is InChI=1S/C12H15F2NO2/c1-2-3-15(4-5-16)12-10(13)6-9(8-17)7-11(12)14/h2,6-7,16-17H,1,3-5,8H2. The van der Waals surface area contributed by atoms with Gasteiger partial charge in [0.1, 0.15) is 17.3 Å². The zero-order valence-corrected chi connectivity index (χ0v) is 9.37. The molecular weight excluding hydrogens is 228 g/mol. The molecule has 2 N–H and O–H groups in total. The zero-order valence-electron chi connectivity index (χ0n) is 9.37. The second-order valence-electron chi connectivity index (χ2n) is 3.52. The summed E-state index contributed by atoms with van der Waals surface area (Å²) in [6.07, 6.45) is 1.49. The number of hydrogen-bond acceptors (Lipinski definition) is 3. The Labute approximate surface area is 98.6 Å². The fourth-order valence-corrected chi connectivity index (χ4v) is 1.58. The van der Waals surface area contributed by atoms with Crippen molar-refractivity contribution in [2.24, 2.45) is 0 Å². The second-order valence-corrected chi connectivity index (χ2v) is 3.52. The van der Waals surface area contributed by atoms with E-state index in [0.717, 1.165) is 12.1 Å². The van der Waals surface area contributed by atoms with Crippen LogP contribution in [0.5, 0.6) is 0 Å². The van der Waals surface area contributed by atoms with E-state index in [1.807, 2.05) is 0 Å². The molecule has 17 heavy (non-hydrogen) atoms. The van der Waals surface area contributed by atoms with E-state index in [2.05, 4.69) is 6.58 Å². The van der Waals surface area contributed by atoms with E-state index in [0.29, 0.717) is 0 Å². The number of nitrogens with zero attached hydrogens (tertiary/aromatic N) is 1. The lowest BCUT2D eigenvalue weighted by molar-refractivity contribution is 0.280. The summed E-state index contributed by atoms with van der Waals surface area (Å²) < 4.78 is 27.4. The molecule has 1 aromatic rings. The van der Waals surface area contributed by atoms with Gasteiger partial charge in [-0.25, -0.2) is 8.78 Å². The predicted octanol–water partition coefficient (Wildman–Crippen LogP) is 1.44. The van der Waals surface area contributed by atoms with Crippen LogP contribution in [0.3, 0.4) is 0 Å². The first-order valence-corrected chi connectivity index (χ1v) is 5.19. The Balaban J connectivity index is 3.13. The molecule has 0 aromatic heterocycles. The topological polar surface area (TPSA) is 43.7 Å². The van der Waals surface area contributed by atoms with Crippen molar-refractivity contribution >= 4 is 5.69 Å². The van der Waals surface area contributed by atoms with Crippen LogP contribution in [0.15, 0.2) is 24.8 Å². The highest BCUT2D eigenvalue weighted by Crippen LogP contribution is 2.25. The van der Waals surface area contributed by atoms with Gasteiger partial charge >= 0.3 is 0 Å². The minimum absolute atomic E-state index is 0.109. The van der Waals surface area contributed by atoms with Crippen LogP contribution in [-0.4, -0.2) is 29.9 Å². The first kappa shape index (κ1) is 13.6. The van der Waals surface area contributed by atoms with E-state index in [-0.39, 0.29) is 30.9 Å². The van der Waals surface area contributed by atoms with E-state index < -0.39 is 18.2 Å². The van der Waals surface area contributed by atoms with Gasteiger partial charge in [-0.3, -0.25) is 0 Å². The fourth-order valence-electron chi connectivity index (χ4n) is 1.58. The van der Waals surface area contributed by atoms with Crippen LogP contribution in [0, 0.1) is 11.6 Å². The third-order valence-corrected chi connectivity index (χ3v) is 2.29. The van der Waals surface area contributed by atoms with Gasteiger partial charge in [0, 0.05) is 13.1 Å². The van der Waals surface area contributed by atoms with Crippen molar-refractivity contribution in [1.82, 2.24) is 0 Å². The molecule has 94 valence electrons. The zero-order chi connectivity index (χ0) is 12.8. The number of aliphatic hydroxyl groups excluding tert-OH is 2. The number of rotatable bonds is 6. The average molecular weight is 243 g/mol. The summed E-state index contributed by atoms with van der Waals surface area (Å²) in [7, 11) is 0. The normalized spacial score (nSPS) is 10.4. The molecule has 0 fully saturated rings. The van der Waals surface area contributed by atoms with Crippen LogP contribution >= 0.6 is 0 Å². The van der Waals surface area contributed by atoms with Crippen molar-refractivity contribution in [3.8, 4) is 0 Å². The molecule has 0 saturated carbocycles. The summed E-state index contributed by atoms with van der Waals surface area (Å²) in [6.45, 7) is 3.20. The maximum absolute atomic E-state index is 13.7. The molecule has 3 nitrogen and oxygen atoms in total. The molecular formula is C12H15F2NO2. The molecule has 0 aliphatic carbocycles. The second kappa shape index (κ2) is 6.32. The van der Waals surface area contributed by atoms with Crippen LogP contribution in [-0.2, 0) is 6.61 Å². The van der Waals surface area contributed by atoms with Gasteiger partial charge in [-0.2, -0.15) is 0 Å². The molecule has 0 unspecified atom stereocenters. The van der Waals surface area contributed by atoms with E-state index in [9.17, 15) is 8.78 Å². The molecule has 0 aliphatic heterocycles. The lowest BCUT2D eigenvalue weighted by Crippen LogP contribution is -2.28. The Morgan fingerprint density at radius 3 is 2.24 bits per heavy atom. The molecule has 0 spiro atoms. The molecule has 1 aromatic carbocycles. The van der Waals surface area contributed by atoms with Crippen LogP contribution in [0.1, 0.15) is 5.56 Å². The molecule has 0 atom stereocenters. The number of anilines is 1. The van der Waals surface area contributed by atoms with Crippen molar-refractivity contribution < 1.29 is 19.0 Å². The third kappa shape index (κ3) is 3.25. The third-order valence-electron chi connectivity index (χ3n) is 2.29. The van der Waals surface area contributed by atoms with Gasteiger partial charge in [0.2, 0.25) is 0 Å². The van der Waals surface area contributed by atoms with Crippen molar-refractivity contribution in [3.63, 3.8) is 0 Å². The minimum Gasteiger partial charge on any atom is -0.395 e. The maximum Gasteiger partial charge on any atom is 0.149 e. The monoisotopic (exact) mass is 243 g/mol. The van der Waals surface area contributed by atoms with Crippen molar-refractivity contribution in [1.29, 1.82) is 0 Å². The highest BCUT2D eigenvalue weighted by atomic mass is 19.1. The summed E-state index contributed by atoms with van der Waals surface area (Å²) in [5.74, 6) is -1.52. The Kier molecular flexibility index (Phi) is 5.06. The number of halogens is 2. The van der Waals surface area contributed by atoms with Crippen LogP contribution in [0.4, 0.5) is 14.5 Å². The highest BCUT2D eigenvalue weighted by Gasteiger charge is 2.16. The Morgan fingerprint density at radius 2 is 1.82 bits per heavy atom. The van der Waals surface area contributed by atoms with Gasteiger partial charge in [0.05, 0.1) is 13.2 Å². The van der Waals surface area contributed by atoms with Crippen LogP contribution in [0.25, 0.3) is 0 Å². The molecule has 5 heteroatoms. The molecule has 0 amide bonds. The van der Waals surface area contributed by atoms with Crippen LogP contribution in [0.2, 0.25) is 0 Å². The lowest BCUT2D eigenvalue weighted by atomic mass is 10.1. The van der Waals surface area contributed by atoms with E-state index in [1.165, 1.54) is 11.0 Å². The van der Waals surface area contributed by atoms with E-state index >= 15 is 0 Å². The van der Waals surface area contributed by atoms with Crippen LogP contribution < -0.4 is 4.90 Å². The van der Waals surface area contributed by atoms with Crippen molar-refractivity contribution in [3.05, 3.63) is 42.0 Å². The molecule has 0 bridgehead atoms. The predicted molar refractivity (Wildman–Crippen MR) is 61.8 cm³/mol. The van der Waals surface area contributed by atoms with Gasteiger partial charge in [0.25, 0.3) is 0 Å². The largest absolute Gasteiger partial charge is 0.395 e. The van der Waals surface area contributed by atoms with E-state index in [1.54, 1.807) is 0 Å². The van der Waals surface area contributed by atoms with Gasteiger partial charge in [-0.05, 0) is 17.7 Å². The lowest BCUT2D eigenvalue weighted by Gasteiger charge is -2.23. The van der Waals surface area contributed by atoms with Crippen molar-refractivity contribution in [2.45, 2.75) is 6.61 Å². The first-order chi connectivity index (χ1) is 8.13. The molecule has 0 aliphatic rings. The number of benzene rings is 1. The van der Waals surface area contributed by atoms with Gasteiger partial charge in [-0.15, -0.1) is 6.58 Å². The molecule has 1 rings (SSSR count). The molecule has 0 heterocycles. The van der Waals surface area contributed by atoms with Gasteiger partial charge in [-0.1, -0.05) is 6.08 Å². The van der Waals surface area contributed by atoms with Gasteiger partial charge in [0.15, 0.2) is 0 Å². The minimum atomic E-state index is -0.760. The Morgan fingerprint density at radius 1 is 1.24 bits per heavy atom. The summed E-state index contributed by atoms with van der Waals surface area (Å²) >= 11 is 0. The maximum atomic E-state index is 13.7. The first-order valence-electron chi connectivity index (χ1n) is 5.19. The Hall–Kier alpha value is -1.46. The van der Waals surface area contributed by atoms with E-state index in [4.69, 9.17) is 10.2 Å². The Bertz CT molecular complexity index is 373. The highest BCUT2D eigenvalue weighted by molar-refractivity contribution is 5.51. The van der Waals surface area contributed by atoms with Crippen molar-refractivity contribution in [2.75, 3.05) is 24.6 Å². The van der Waals surface area contributed by atoms with Gasteiger partial charge < -0.3 is 15.1 Å². The summed E-state index contributed by atoms with van der Waals surface area (Å²) in [5, 5.41) is 17.7. The quantitative estimate of drug-likeness (QED) is 0.743.